The predicted octanol–water partition coefficient (Wildman–Crippen LogP) is -0.150. The molecule has 0 radical (unpaired) electrons. The molecule has 2 N–H and O–H groups in total. The van der Waals surface area contributed by atoms with E-state index < -0.39 is 6.10 Å². The van der Waals surface area contributed by atoms with Crippen LogP contribution in [0.3, 0.4) is 0 Å². The summed E-state index contributed by atoms with van der Waals surface area (Å²) in [5, 5.41) is 13.4. The van der Waals surface area contributed by atoms with E-state index in [1.165, 1.54) is 0 Å². The lowest BCUT2D eigenvalue weighted by atomic mass is 10.1. The van der Waals surface area contributed by atoms with Crippen molar-refractivity contribution in [3.63, 3.8) is 0 Å². The fourth-order valence-corrected chi connectivity index (χ4v) is 2.97. The summed E-state index contributed by atoms with van der Waals surface area (Å²) in [6.07, 6.45) is -0.0810. The zero-order valence-electron chi connectivity index (χ0n) is 12.9. The standard InChI is InChI=1S/C16H23N3O3/c1-18-15-3-2-14(8-12(15)9-16(18)21)22-11-13(20)10-19-6-4-17-5-7-19/h2-3,8,13,17,20H,4-7,9-11H2,1H3. The summed E-state index contributed by atoms with van der Waals surface area (Å²) in [6.45, 7) is 4.77. The summed E-state index contributed by atoms with van der Waals surface area (Å²) < 4.78 is 5.68. The van der Waals surface area contributed by atoms with E-state index in [9.17, 15) is 9.90 Å². The highest BCUT2D eigenvalue weighted by Gasteiger charge is 2.24. The summed E-state index contributed by atoms with van der Waals surface area (Å²) in [5.74, 6) is 0.812. The van der Waals surface area contributed by atoms with Crippen molar-refractivity contribution in [1.29, 1.82) is 0 Å². The molecule has 1 atom stereocenters. The summed E-state index contributed by atoms with van der Waals surface area (Å²) in [5.41, 5.74) is 1.93. The Morgan fingerprint density at radius 3 is 2.91 bits per heavy atom. The fourth-order valence-electron chi connectivity index (χ4n) is 2.97. The molecule has 6 nitrogen and oxygen atoms in total. The van der Waals surface area contributed by atoms with Gasteiger partial charge in [-0.3, -0.25) is 9.69 Å². The van der Waals surface area contributed by atoms with Gasteiger partial charge in [0.25, 0.3) is 0 Å². The van der Waals surface area contributed by atoms with E-state index in [1.807, 2.05) is 18.2 Å². The summed E-state index contributed by atoms with van der Waals surface area (Å²) in [7, 11) is 1.78. The number of likely N-dealkylation sites (N-methyl/N-ethyl adjacent to an activating group) is 1. The molecule has 1 fully saturated rings. The van der Waals surface area contributed by atoms with E-state index in [1.54, 1.807) is 11.9 Å². The number of amides is 1. The lowest BCUT2D eigenvalue weighted by Gasteiger charge is -2.29. The molecule has 0 aliphatic carbocycles. The molecule has 1 aromatic rings. The molecular formula is C16H23N3O3. The van der Waals surface area contributed by atoms with Gasteiger partial charge in [-0.05, 0) is 23.8 Å². The molecule has 1 aromatic carbocycles. The van der Waals surface area contributed by atoms with Crippen LogP contribution in [0.4, 0.5) is 5.69 Å². The maximum absolute atomic E-state index is 11.7. The minimum atomic E-state index is -0.504. The number of hydrogen-bond acceptors (Lipinski definition) is 5. The number of ether oxygens (including phenoxy) is 1. The van der Waals surface area contributed by atoms with Gasteiger partial charge in [-0.25, -0.2) is 0 Å². The number of anilines is 1. The molecule has 2 heterocycles. The zero-order chi connectivity index (χ0) is 15.5. The molecule has 1 unspecified atom stereocenters. The first-order valence-corrected chi connectivity index (χ1v) is 7.77. The Bertz CT molecular complexity index is 543. The molecule has 2 aliphatic heterocycles. The van der Waals surface area contributed by atoms with Crippen LogP contribution in [0.2, 0.25) is 0 Å². The average molecular weight is 305 g/mol. The Labute approximate surface area is 130 Å². The topological polar surface area (TPSA) is 65.0 Å². The Kier molecular flexibility index (Phi) is 4.61. The number of carbonyl (C=O) groups is 1. The number of rotatable bonds is 5. The smallest absolute Gasteiger partial charge is 0.231 e. The predicted molar refractivity (Wildman–Crippen MR) is 84.4 cm³/mol. The zero-order valence-corrected chi connectivity index (χ0v) is 12.9. The van der Waals surface area contributed by atoms with Crippen LogP contribution < -0.4 is 15.0 Å². The number of aliphatic hydroxyl groups excluding tert-OH is 1. The third-order valence-electron chi connectivity index (χ3n) is 4.25. The summed E-state index contributed by atoms with van der Waals surface area (Å²) in [4.78, 5) is 15.6. The molecular weight excluding hydrogens is 282 g/mol. The van der Waals surface area contributed by atoms with Crippen LogP contribution in [0.5, 0.6) is 5.75 Å². The van der Waals surface area contributed by atoms with Gasteiger partial charge in [0.1, 0.15) is 18.5 Å². The van der Waals surface area contributed by atoms with Crippen LogP contribution >= 0.6 is 0 Å². The Morgan fingerprint density at radius 2 is 2.14 bits per heavy atom. The SMILES string of the molecule is CN1C(=O)Cc2cc(OCC(O)CN3CCNCC3)ccc21. The molecule has 0 spiro atoms. The van der Waals surface area contributed by atoms with Crippen LogP contribution in [-0.2, 0) is 11.2 Å². The fraction of sp³-hybridized carbons (Fsp3) is 0.562. The van der Waals surface area contributed by atoms with Crippen molar-refractivity contribution in [2.24, 2.45) is 0 Å². The monoisotopic (exact) mass is 305 g/mol. The number of fused-ring (bicyclic) bond motifs is 1. The minimum Gasteiger partial charge on any atom is -0.491 e. The molecule has 0 saturated carbocycles. The van der Waals surface area contributed by atoms with Gasteiger partial charge in [-0.15, -0.1) is 0 Å². The third kappa shape index (κ3) is 3.40. The summed E-state index contributed by atoms with van der Waals surface area (Å²) in [6, 6.07) is 5.65. The number of carbonyl (C=O) groups excluding carboxylic acids is 1. The van der Waals surface area contributed by atoms with Gasteiger partial charge in [-0.2, -0.15) is 0 Å². The number of aliphatic hydroxyl groups is 1. The molecule has 120 valence electrons. The third-order valence-corrected chi connectivity index (χ3v) is 4.25. The van der Waals surface area contributed by atoms with Crippen molar-refractivity contribution in [3.8, 4) is 5.75 Å². The molecule has 2 aliphatic rings. The van der Waals surface area contributed by atoms with Gasteiger partial charge in [0, 0.05) is 45.5 Å². The number of β-amino-alcohol motifs (C(OH)–C–C–N with tert-alkyl or cyclic N) is 1. The maximum Gasteiger partial charge on any atom is 0.231 e. The first-order chi connectivity index (χ1) is 10.6. The van der Waals surface area contributed by atoms with Gasteiger partial charge in [0.2, 0.25) is 5.91 Å². The van der Waals surface area contributed by atoms with Crippen molar-refractivity contribution in [2.75, 3.05) is 51.3 Å². The van der Waals surface area contributed by atoms with Crippen molar-refractivity contribution in [3.05, 3.63) is 23.8 Å². The Morgan fingerprint density at radius 1 is 1.36 bits per heavy atom. The first-order valence-electron chi connectivity index (χ1n) is 7.77. The second kappa shape index (κ2) is 6.64. The van der Waals surface area contributed by atoms with Crippen LogP contribution in [0, 0.1) is 0 Å². The molecule has 1 amide bonds. The van der Waals surface area contributed by atoms with E-state index in [0.717, 1.165) is 37.4 Å². The molecule has 6 heteroatoms. The van der Waals surface area contributed by atoms with Crippen LogP contribution in [-0.4, -0.2) is 68.4 Å². The molecule has 22 heavy (non-hydrogen) atoms. The number of piperazine rings is 1. The molecule has 3 rings (SSSR count). The Hall–Kier alpha value is -1.63. The highest BCUT2D eigenvalue weighted by atomic mass is 16.5. The molecule has 0 aromatic heterocycles. The lowest BCUT2D eigenvalue weighted by molar-refractivity contribution is -0.117. The molecule has 0 bridgehead atoms. The second-order valence-electron chi connectivity index (χ2n) is 5.94. The van der Waals surface area contributed by atoms with Crippen LogP contribution in [0.25, 0.3) is 0 Å². The number of nitrogens with one attached hydrogen (secondary N) is 1. The number of hydrogen-bond donors (Lipinski definition) is 2. The van der Waals surface area contributed by atoms with Gasteiger partial charge < -0.3 is 20.1 Å². The van der Waals surface area contributed by atoms with E-state index in [2.05, 4.69) is 10.2 Å². The lowest BCUT2D eigenvalue weighted by Crippen LogP contribution is -2.47. The normalized spacial score (nSPS) is 20.1. The van der Waals surface area contributed by atoms with Crippen molar-refractivity contribution in [2.45, 2.75) is 12.5 Å². The van der Waals surface area contributed by atoms with Gasteiger partial charge in [0.15, 0.2) is 0 Å². The van der Waals surface area contributed by atoms with Crippen molar-refractivity contribution >= 4 is 11.6 Å². The summed E-state index contributed by atoms with van der Waals surface area (Å²) >= 11 is 0. The highest BCUT2D eigenvalue weighted by molar-refractivity contribution is 6.01. The molecule has 1 saturated heterocycles. The van der Waals surface area contributed by atoms with Gasteiger partial charge in [0.05, 0.1) is 6.42 Å². The van der Waals surface area contributed by atoms with Crippen molar-refractivity contribution in [1.82, 2.24) is 10.2 Å². The van der Waals surface area contributed by atoms with E-state index >= 15 is 0 Å². The number of benzene rings is 1. The van der Waals surface area contributed by atoms with E-state index in [0.29, 0.717) is 18.7 Å². The Balaban J connectivity index is 1.51. The highest BCUT2D eigenvalue weighted by Crippen LogP contribution is 2.30. The quantitative estimate of drug-likeness (QED) is 0.792. The van der Waals surface area contributed by atoms with Gasteiger partial charge in [-0.1, -0.05) is 0 Å². The van der Waals surface area contributed by atoms with Gasteiger partial charge >= 0.3 is 0 Å². The maximum atomic E-state index is 11.7. The van der Waals surface area contributed by atoms with Crippen LogP contribution in [0.15, 0.2) is 18.2 Å². The van der Waals surface area contributed by atoms with E-state index in [4.69, 9.17) is 4.74 Å². The largest absolute Gasteiger partial charge is 0.491 e. The minimum absolute atomic E-state index is 0.103. The van der Waals surface area contributed by atoms with Crippen LogP contribution in [0.1, 0.15) is 5.56 Å². The second-order valence-corrected chi connectivity index (χ2v) is 5.94. The average Bonchev–Trinajstić information content (AvgIpc) is 2.81. The van der Waals surface area contributed by atoms with E-state index in [-0.39, 0.29) is 12.5 Å². The number of nitrogens with zero attached hydrogens (tertiary/aromatic N) is 2. The first kappa shape index (κ1) is 15.3. The van der Waals surface area contributed by atoms with Crippen molar-refractivity contribution < 1.29 is 14.6 Å².